The van der Waals surface area contributed by atoms with Crippen molar-refractivity contribution < 1.29 is 9.68 Å². The summed E-state index contributed by atoms with van der Waals surface area (Å²) in [5, 5.41) is 13.6. The van der Waals surface area contributed by atoms with Crippen molar-refractivity contribution in [2.24, 2.45) is 0 Å². The molecule has 0 radical (unpaired) electrons. The zero-order valence-electron chi connectivity index (χ0n) is 13.5. The molecule has 120 valence electrons. The third kappa shape index (κ3) is 2.41. The fraction of sp³-hybridized carbons (Fsp3) is 0.421. The molecule has 4 rings (SSSR count). The van der Waals surface area contributed by atoms with Crippen LogP contribution in [0.3, 0.4) is 0 Å². The van der Waals surface area contributed by atoms with E-state index in [1.54, 1.807) is 11.3 Å². The first-order valence-electron chi connectivity index (χ1n) is 8.43. The number of β-amino-alcohol motifs (C(OH)–C–C–N with tert-alkyl or cyclic N) is 1. The summed E-state index contributed by atoms with van der Waals surface area (Å²) in [5.74, 6) is 1.28. The Morgan fingerprint density at radius 3 is 2.78 bits per heavy atom. The van der Waals surface area contributed by atoms with Crippen LogP contribution >= 0.6 is 11.3 Å². The van der Waals surface area contributed by atoms with Gasteiger partial charge in [-0.1, -0.05) is 24.3 Å². The monoisotopic (exact) mass is 327 g/mol. The highest BCUT2D eigenvalue weighted by atomic mass is 32.1. The molecule has 1 atom stereocenters. The van der Waals surface area contributed by atoms with Gasteiger partial charge in [0.05, 0.1) is 11.4 Å². The lowest BCUT2D eigenvalue weighted by molar-refractivity contribution is -0.657. The van der Waals surface area contributed by atoms with Gasteiger partial charge in [-0.05, 0) is 49.3 Å². The van der Waals surface area contributed by atoms with Gasteiger partial charge >= 0.3 is 0 Å². The summed E-state index contributed by atoms with van der Waals surface area (Å²) < 4.78 is 2.26. The minimum absolute atomic E-state index is 0.619. The molecule has 23 heavy (non-hydrogen) atoms. The van der Waals surface area contributed by atoms with Gasteiger partial charge in [-0.25, -0.2) is 9.48 Å². The topological polar surface area (TPSA) is 26.5 Å². The molecule has 0 bridgehead atoms. The summed E-state index contributed by atoms with van der Waals surface area (Å²) in [6.45, 7) is 3.71. The van der Waals surface area contributed by atoms with E-state index in [2.05, 4.69) is 52.1 Å². The van der Waals surface area contributed by atoms with Crippen molar-refractivity contribution in [3.63, 3.8) is 0 Å². The van der Waals surface area contributed by atoms with Crippen molar-refractivity contribution in [2.75, 3.05) is 18.0 Å². The first-order valence-corrected chi connectivity index (χ1v) is 9.31. The van der Waals surface area contributed by atoms with E-state index in [4.69, 9.17) is 0 Å². The molecule has 0 amide bonds. The Hall–Kier alpha value is -1.65. The number of nitrogens with zero attached hydrogens (tertiary/aromatic N) is 2. The second-order valence-electron chi connectivity index (χ2n) is 6.55. The Labute approximate surface area is 141 Å². The van der Waals surface area contributed by atoms with Gasteiger partial charge in [-0.15, -0.1) is 11.3 Å². The number of para-hydroxylation sites is 1. The van der Waals surface area contributed by atoms with E-state index in [1.165, 1.54) is 29.9 Å². The largest absolute Gasteiger partial charge is 0.346 e. The number of hydrogen-bond donors (Lipinski definition) is 1. The Morgan fingerprint density at radius 2 is 2.00 bits per heavy atom. The predicted octanol–water partition coefficient (Wildman–Crippen LogP) is 3.71. The molecule has 1 N–H and O–H groups in total. The summed E-state index contributed by atoms with van der Waals surface area (Å²) in [6, 6.07) is 12.6. The van der Waals surface area contributed by atoms with Gasteiger partial charge in [-0.3, -0.25) is 0 Å². The summed E-state index contributed by atoms with van der Waals surface area (Å²) in [7, 11) is 0. The molecule has 0 unspecified atom stereocenters. The zero-order chi connectivity index (χ0) is 15.9. The second-order valence-corrected chi connectivity index (χ2v) is 7.49. The lowest BCUT2D eigenvalue weighted by Crippen LogP contribution is -2.40. The van der Waals surface area contributed by atoms with Gasteiger partial charge in [-0.2, -0.15) is 0 Å². The van der Waals surface area contributed by atoms with Crippen LogP contribution in [0.2, 0.25) is 0 Å². The molecule has 2 aromatic rings. The number of aryl methyl sites for hydroxylation is 1. The van der Waals surface area contributed by atoms with Crippen LogP contribution in [0, 0.1) is 6.92 Å². The quantitative estimate of drug-likeness (QED) is 0.851. The Bertz CT molecular complexity index is 738. The van der Waals surface area contributed by atoms with E-state index in [-0.39, 0.29) is 0 Å². The summed E-state index contributed by atoms with van der Waals surface area (Å²) >= 11 is 1.65. The standard InChI is InChI=1S/C19H23N2OS/c1-15-8-4-5-9-16(15)20-14-19(22,17-10-7-13-23-17)21-12-6-2-3-11-18(20)21/h4-5,7-10,13,22H,2-3,6,11-12,14H2,1H3/q+1/t19-/m1/s1. The molecule has 0 aliphatic carbocycles. The van der Waals surface area contributed by atoms with Gasteiger partial charge in [0.2, 0.25) is 0 Å². The average Bonchev–Trinajstić information content (AvgIpc) is 3.10. The number of thiophene rings is 1. The van der Waals surface area contributed by atoms with Crippen LogP contribution in [-0.2, 0) is 5.72 Å². The minimum atomic E-state index is -0.893. The normalized spacial score (nSPS) is 24.7. The molecule has 0 saturated heterocycles. The van der Waals surface area contributed by atoms with Crippen LogP contribution in [0.15, 0.2) is 41.8 Å². The Balaban J connectivity index is 1.84. The molecular formula is C19H23N2OS+. The third-order valence-corrected chi connectivity index (χ3v) is 6.06. The van der Waals surface area contributed by atoms with Crippen LogP contribution in [0.1, 0.15) is 36.1 Å². The van der Waals surface area contributed by atoms with E-state index in [0.29, 0.717) is 6.54 Å². The Morgan fingerprint density at radius 1 is 1.13 bits per heavy atom. The molecule has 0 fully saturated rings. The van der Waals surface area contributed by atoms with Crippen molar-refractivity contribution in [3.8, 4) is 0 Å². The predicted molar refractivity (Wildman–Crippen MR) is 95.3 cm³/mol. The van der Waals surface area contributed by atoms with Gasteiger partial charge in [0, 0.05) is 6.42 Å². The molecule has 3 nitrogen and oxygen atoms in total. The lowest BCUT2D eigenvalue weighted by atomic mass is 10.1. The maximum absolute atomic E-state index is 11.6. The van der Waals surface area contributed by atoms with Gasteiger partial charge < -0.3 is 5.11 Å². The molecule has 2 aliphatic rings. The molecule has 3 heterocycles. The summed E-state index contributed by atoms with van der Waals surface area (Å²) in [6.07, 6.45) is 4.64. The maximum Gasteiger partial charge on any atom is 0.280 e. The zero-order valence-corrected chi connectivity index (χ0v) is 14.4. The molecule has 1 aromatic heterocycles. The van der Waals surface area contributed by atoms with E-state index >= 15 is 0 Å². The molecule has 2 aliphatic heterocycles. The first kappa shape index (κ1) is 14.9. The van der Waals surface area contributed by atoms with E-state index in [1.807, 2.05) is 6.07 Å². The maximum atomic E-state index is 11.6. The third-order valence-electron chi connectivity index (χ3n) is 5.05. The SMILES string of the molecule is Cc1ccccc1N1C[C@@](O)(c2cccs2)[N+]2=C1CCCCC2. The highest BCUT2D eigenvalue weighted by Crippen LogP contribution is 2.37. The number of amidine groups is 1. The number of rotatable bonds is 2. The number of hydrogen-bond acceptors (Lipinski definition) is 3. The van der Waals surface area contributed by atoms with Gasteiger partial charge in [0.25, 0.3) is 11.6 Å². The number of aliphatic hydroxyl groups is 1. The Kier molecular flexibility index (Phi) is 3.74. The van der Waals surface area contributed by atoms with Crippen molar-refractivity contribution in [3.05, 3.63) is 52.2 Å². The highest BCUT2D eigenvalue weighted by molar-refractivity contribution is 7.10. The van der Waals surface area contributed by atoms with Crippen molar-refractivity contribution in [2.45, 2.75) is 38.3 Å². The molecule has 1 aromatic carbocycles. The number of anilines is 1. The van der Waals surface area contributed by atoms with Crippen LogP contribution < -0.4 is 4.90 Å². The first-order chi connectivity index (χ1) is 11.2. The van der Waals surface area contributed by atoms with Gasteiger partial charge in [0.1, 0.15) is 5.69 Å². The van der Waals surface area contributed by atoms with Crippen molar-refractivity contribution in [1.29, 1.82) is 0 Å². The molecule has 4 heteroatoms. The molecular weight excluding hydrogens is 304 g/mol. The summed E-state index contributed by atoms with van der Waals surface area (Å²) in [5.41, 5.74) is 1.59. The summed E-state index contributed by atoms with van der Waals surface area (Å²) in [4.78, 5) is 3.40. The fourth-order valence-electron chi connectivity index (χ4n) is 3.88. The average molecular weight is 327 g/mol. The van der Waals surface area contributed by atoms with Crippen LogP contribution in [0.25, 0.3) is 0 Å². The second kappa shape index (κ2) is 5.77. The molecule has 0 spiro atoms. The van der Waals surface area contributed by atoms with Gasteiger partial charge in [0.15, 0.2) is 6.54 Å². The van der Waals surface area contributed by atoms with Crippen LogP contribution in [-0.4, -0.2) is 28.6 Å². The smallest absolute Gasteiger partial charge is 0.280 e. The van der Waals surface area contributed by atoms with Crippen LogP contribution in [0.4, 0.5) is 5.69 Å². The minimum Gasteiger partial charge on any atom is -0.346 e. The van der Waals surface area contributed by atoms with E-state index in [9.17, 15) is 5.11 Å². The fourth-order valence-corrected chi connectivity index (χ4v) is 4.70. The van der Waals surface area contributed by atoms with Crippen molar-refractivity contribution >= 4 is 22.9 Å². The van der Waals surface area contributed by atoms with E-state index in [0.717, 1.165) is 24.3 Å². The lowest BCUT2D eigenvalue weighted by Gasteiger charge is -2.22. The highest BCUT2D eigenvalue weighted by Gasteiger charge is 2.52. The van der Waals surface area contributed by atoms with Crippen LogP contribution in [0.5, 0.6) is 0 Å². The molecule has 0 saturated carbocycles. The van der Waals surface area contributed by atoms with E-state index < -0.39 is 5.72 Å². The van der Waals surface area contributed by atoms with Crippen molar-refractivity contribution in [1.82, 2.24) is 0 Å². The number of benzene rings is 1.